The highest BCUT2D eigenvalue weighted by Crippen LogP contribution is 2.43. The lowest BCUT2D eigenvalue weighted by molar-refractivity contribution is -0.117. The standard InChI is InChI=1S/C23H27N5O3/c1-28(2)12-13-10-16(13)22(29)27-19-7-6-15-17(11-25-21(15)26-19)20-18(31-14-4-5-14)8-9-24-23(20)30-3/h6-9,11,13-14,16H,4-5,10,12H2,1-3H3,(H2,25,26,27,29)/t13-,16+/m1/s1/i1D3,2D3. The van der Waals surface area contributed by atoms with Gasteiger partial charge in [0.05, 0.1) is 18.8 Å². The van der Waals surface area contributed by atoms with Crippen molar-refractivity contribution in [2.75, 3.05) is 32.9 Å². The summed E-state index contributed by atoms with van der Waals surface area (Å²) in [7, 11) is 1.55. The van der Waals surface area contributed by atoms with Gasteiger partial charge in [0.1, 0.15) is 17.2 Å². The van der Waals surface area contributed by atoms with E-state index < -0.39 is 19.9 Å². The minimum atomic E-state index is -2.77. The van der Waals surface area contributed by atoms with Gasteiger partial charge in [-0.25, -0.2) is 9.97 Å². The zero-order valence-electron chi connectivity index (χ0n) is 23.0. The summed E-state index contributed by atoms with van der Waals surface area (Å²) in [5, 5.41) is 3.55. The summed E-state index contributed by atoms with van der Waals surface area (Å²) in [5.41, 5.74) is 2.06. The van der Waals surface area contributed by atoms with E-state index in [2.05, 4.69) is 20.3 Å². The van der Waals surface area contributed by atoms with E-state index in [1.165, 1.54) is 0 Å². The number of rotatable bonds is 8. The molecule has 2 aliphatic carbocycles. The molecule has 2 aliphatic rings. The van der Waals surface area contributed by atoms with Gasteiger partial charge in [-0.05, 0) is 57.3 Å². The molecule has 1 amide bonds. The van der Waals surface area contributed by atoms with Crippen molar-refractivity contribution in [1.29, 1.82) is 0 Å². The van der Waals surface area contributed by atoms with Gasteiger partial charge >= 0.3 is 0 Å². The summed E-state index contributed by atoms with van der Waals surface area (Å²) >= 11 is 0. The van der Waals surface area contributed by atoms with Crippen LogP contribution in [0.5, 0.6) is 11.6 Å². The molecule has 0 bridgehead atoms. The number of hydrogen-bond donors (Lipinski definition) is 2. The second-order valence-electron chi connectivity index (χ2n) is 8.01. The minimum absolute atomic E-state index is 0.189. The molecule has 0 aromatic carbocycles. The second-order valence-corrected chi connectivity index (χ2v) is 8.01. The molecule has 0 spiro atoms. The molecule has 2 saturated carbocycles. The van der Waals surface area contributed by atoms with Gasteiger partial charge in [0, 0.05) is 44.0 Å². The molecule has 5 rings (SSSR count). The van der Waals surface area contributed by atoms with Crippen LogP contribution in [-0.2, 0) is 4.79 Å². The number of nitrogens with one attached hydrogen (secondary N) is 2. The van der Waals surface area contributed by atoms with Gasteiger partial charge in [0.2, 0.25) is 11.8 Å². The number of methoxy groups -OCH3 is 1. The summed E-state index contributed by atoms with van der Waals surface area (Å²) in [4.78, 5) is 25.2. The summed E-state index contributed by atoms with van der Waals surface area (Å²) in [5.74, 6) is 0.270. The first-order valence-electron chi connectivity index (χ1n) is 13.2. The van der Waals surface area contributed by atoms with Crippen molar-refractivity contribution < 1.29 is 22.5 Å². The van der Waals surface area contributed by atoms with Gasteiger partial charge < -0.3 is 24.7 Å². The fourth-order valence-corrected chi connectivity index (χ4v) is 3.80. The third kappa shape index (κ3) is 4.07. The van der Waals surface area contributed by atoms with Crippen LogP contribution in [0.2, 0.25) is 0 Å². The largest absolute Gasteiger partial charge is 0.490 e. The van der Waals surface area contributed by atoms with Crippen LogP contribution < -0.4 is 14.8 Å². The van der Waals surface area contributed by atoms with Crippen molar-refractivity contribution in [3.05, 3.63) is 30.6 Å². The van der Waals surface area contributed by atoms with Crippen molar-refractivity contribution in [3.8, 4) is 22.8 Å². The van der Waals surface area contributed by atoms with E-state index >= 15 is 0 Å². The molecule has 3 aromatic rings. The van der Waals surface area contributed by atoms with Gasteiger partial charge in [-0.1, -0.05) is 0 Å². The van der Waals surface area contributed by atoms with E-state index in [1.807, 2.05) is 12.1 Å². The Hall–Kier alpha value is -3.13. The number of aromatic amines is 1. The Labute approximate surface area is 189 Å². The van der Waals surface area contributed by atoms with Crippen molar-refractivity contribution in [2.45, 2.75) is 25.4 Å². The number of ether oxygens (including phenoxy) is 2. The SMILES string of the molecule is [2H]C([2H])([2H])N(C[C@H]1C[C@@H]1C(=O)Nc1ccc2c(-c3c(OC4CC4)ccnc3OC)c[nH]c2n1)C([2H])([2H])[2H]. The number of anilines is 1. The summed E-state index contributed by atoms with van der Waals surface area (Å²) < 4.78 is 56.6. The molecule has 0 unspecified atom stereocenters. The molecular weight excluding hydrogens is 394 g/mol. The first kappa shape index (κ1) is 14.0. The van der Waals surface area contributed by atoms with Crippen molar-refractivity contribution in [2.24, 2.45) is 11.8 Å². The van der Waals surface area contributed by atoms with Gasteiger partial charge in [-0.3, -0.25) is 4.79 Å². The Morgan fingerprint density at radius 1 is 1.35 bits per heavy atom. The molecule has 8 nitrogen and oxygen atoms in total. The summed E-state index contributed by atoms with van der Waals surface area (Å²) in [6.45, 7) is -5.75. The number of aromatic nitrogens is 3. The number of pyridine rings is 2. The predicted molar refractivity (Wildman–Crippen MR) is 118 cm³/mol. The Bertz CT molecular complexity index is 1310. The molecule has 0 saturated heterocycles. The third-order valence-corrected chi connectivity index (χ3v) is 5.63. The zero-order valence-corrected chi connectivity index (χ0v) is 17.0. The zero-order chi connectivity index (χ0) is 26.5. The van der Waals surface area contributed by atoms with Gasteiger partial charge in [-0.15, -0.1) is 0 Å². The van der Waals surface area contributed by atoms with Crippen LogP contribution in [-0.4, -0.2) is 59.5 Å². The Morgan fingerprint density at radius 3 is 3.00 bits per heavy atom. The fraction of sp³-hybridized carbons (Fsp3) is 0.435. The van der Waals surface area contributed by atoms with Crippen LogP contribution in [0, 0.1) is 11.8 Å². The average molecular weight is 428 g/mol. The Morgan fingerprint density at radius 2 is 2.23 bits per heavy atom. The third-order valence-electron chi connectivity index (χ3n) is 5.63. The lowest BCUT2D eigenvalue weighted by Crippen LogP contribution is -2.20. The molecule has 0 aliphatic heterocycles. The molecule has 2 fully saturated rings. The van der Waals surface area contributed by atoms with E-state index in [0.717, 1.165) is 29.4 Å². The highest BCUT2D eigenvalue weighted by atomic mass is 16.5. The fourth-order valence-electron chi connectivity index (χ4n) is 3.80. The number of carbonyl (C=O) groups excluding carboxylic acids is 1. The van der Waals surface area contributed by atoms with Gasteiger partial charge in [-0.2, -0.15) is 0 Å². The summed E-state index contributed by atoms with van der Waals surface area (Å²) in [6, 6.07) is 5.31. The van der Waals surface area contributed by atoms with Crippen LogP contribution in [0.3, 0.4) is 0 Å². The lowest BCUT2D eigenvalue weighted by atomic mass is 10.1. The van der Waals surface area contributed by atoms with Crippen molar-refractivity contribution >= 4 is 22.8 Å². The molecule has 162 valence electrons. The van der Waals surface area contributed by atoms with Crippen LogP contribution in [0.25, 0.3) is 22.2 Å². The first-order chi connectivity index (χ1) is 17.5. The summed E-state index contributed by atoms with van der Waals surface area (Å²) in [6.07, 6.45) is 6.05. The average Bonchev–Trinajstić information content (AvgIpc) is 3.74. The maximum atomic E-state index is 12.8. The highest BCUT2D eigenvalue weighted by molar-refractivity contribution is 5.99. The maximum absolute atomic E-state index is 12.8. The number of H-pyrrole nitrogens is 1. The second kappa shape index (κ2) is 7.85. The number of amides is 1. The van der Waals surface area contributed by atoms with E-state index in [1.54, 1.807) is 25.6 Å². The number of hydrogen-bond acceptors (Lipinski definition) is 6. The smallest absolute Gasteiger partial charge is 0.228 e. The molecule has 0 radical (unpaired) electrons. The lowest BCUT2D eigenvalue weighted by Gasteiger charge is -2.13. The molecule has 2 atom stereocenters. The Kier molecular flexibility index (Phi) is 3.55. The van der Waals surface area contributed by atoms with E-state index in [9.17, 15) is 4.79 Å². The van der Waals surface area contributed by atoms with Crippen LogP contribution in [0.15, 0.2) is 30.6 Å². The normalized spacial score (nSPS) is 23.8. The molecular formula is C23H27N5O3. The molecule has 3 heterocycles. The number of carbonyl (C=O) groups is 1. The van der Waals surface area contributed by atoms with E-state index in [4.69, 9.17) is 17.7 Å². The molecule has 31 heavy (non-hydrogen) atoms. The first-order valence-corrected chi connectivity index (χ1v) is 10.2. The van der Waals surface area contributed by atoms with E-state index in [0.29, 0.717) is 34.4 Å². The quantitative estimate of drug-likeness (QED) is 0.573. The number of nitrogens with zero attached hydrogens (tertiary/aromatic N) is 3. The minimum Gasteiger partial charge on any atom is -0.490 e. The van der Waals surface area contributed by atoms with Gasteiger partial charge in [0.15, 0.2) is 0 Å². The molecule has 2 N–H and O–H groups in total. The number of fused-ring (bicyclic) bond motifs is 1. The van der Waals surface area contributed by atoms with Crippen LogP contribution in [0.4, 0.5) is 5.82 Å². The molecule has 3 aromatic heterocycles. The maximum Gasteiger partial charge on any atom is 0.228 e. The van der Waals surface area contributed by atoms with Crippen LogP contribution >= 0.6 is 0 Å². The van der Waals surface area contributed by atoms with Crippen molar-refractivity contribution in [3.63, 3.8) is 0 Å². The monoisotopic (exact) mass is 427 g/mol. The van der Waals surface area contributed by atoms with Crippen molar-refractivity contribution in [1.82, 2.24) is 19.9 Å². The van der Waals surface area contributed by atoms with Crippen LogP contribution in [0.1, 0.15) is 27.5 Å². The molecule has 8 heteroatoms. The predicted octanol–water partition coefficient (Wildman–Crippen LogP) is 3.31. The topological polar surface area (TPSA) is 92.4 Å². The highest BCUT2D eigenvalue weighted by Gasteiger charge is 2.43. The Balaban J connectivity index is 1.31. The van der Waals surface area contributed by atoms with Gasteiger partial charge in [0.25, 0.3) is 0 Å². The van der Waals surface area contributed by atoms with E-state index in [-0.39, 0.29) is 24.5 Å².